The van der Waals surface area contributed by atoms with Crippen LogP contribution in [0.5, 0.6) is 0 Å². The summed E-state index contributed by atoms with van der Waals surface area (Å²) in [5, 5.41) is 3.26. The number of anilines is 2. The third-order valence-electron chi connectivity index (χ3n) is 5.22. The van der Waals surface area contributed by atoms with Crippen molar-refractivity contribution in [3.05, 3.63) is 48.4 Å². The lowest BCUT2D eigenvalue weighted by Gasteiger charge is -2.32. The SMILES string of the molecule is CC(C)CCC(=O)N1CCC(Cc2ccc(Nc3cnccn3)cc2)CC1.Cl. The van der Waals surface area contributed by atoms with E-state index in [-0.39, 0.29) is 12.4 Å². The number of halogens is 1. The lowest BCUT2D eigenvalue weighted by atomic mass is 9.90. The van der Waals surface area contributed by atoms with E-state index in [1.165, 1.54) is 5.56 Å². The van der Waals surface area contributed by atoms with E-state index < -0.39 is 0 Å². The molecular weight excluding hydrogens is 372 g/mol. The number of carbonyl (C=O) groups is 1. The maximum absolute atomic E-state index is 12.3. The van der Waals surface area contributed by atoms with Crippen molar-refractivity contribution in [1.82, 2.24) is 14.9 Å². The predicted octanol–water partition coefficient (Wildman–Crippen LogP) is 4.86. The van der Waals surface area contributed by atoms with Crippen LogP contribution in [0.4, 0.5) is 11.5 Å². The molecule has 1 aliphatic heterocycles. The van der Waals surface area contributed by atoms with Gasteiger partial charge in [0.1, 0.15) is 5.82 Å². The van der Waals surface area contributed by atoms with Crippen LogP contribution in [0.2, 0.25) is 0 Å². The number of hydrogen-bond donors (Lipinski definition) is 1. The first-order valence-corrected chi connectivity index (χ1v) is 10.00. The zero-order valence-electron chi connectivity index (χ0n) is 16.8. The summed E-state index contributed by atoms with van der Waals surface area (Å²) >= 11 is 0. The Kier molecular flexibility index (Phi) is 8.71. The zero-order chi connectivity index (χ0) is 19.1. The highest BCUT2D eigenvalue weighted by molar-refractivity contribution is 5.85. The summed E-state index contributed by atoms with van der Waals surface area (Å²) in [4.78, 5) is 22.6. The van der Waals surface area contributed by atoms with Gasteiger partial charge in [-0.3, -0.25) is 9.78 Å². The molecule has 0 atom stereocenters. The van der Waals surface area contributed by atoms with Crippen LogP contribution in [-0.2, 0) is 11.2 Å². The topological polar surface area (TPSA) is 58.1 Å². The van der Waals surface area contributed by atoms with Gasteiger partial charge < -0.3 is 10.2 Å². The Morgan fingerprint density at radius 1 is 1.18 bits per heavy atom. The van der Waals surface area contributed by atoms with Crippen LogP contribution in [-0.4, -0.2) is 33.9 Å². The molecule has 1 N–H and O–H groups in total. The summed E-state index contributed by atoms with van der Waals surface area (Å²) in [6, 6.07) is 8.54. The second kappa shape index (κ2) is 11.0. The Morgan fingerprint density at radius 2 is 1.89 bits per heavy atom. The second-order valence-corrected chi connectivity index (χ2v) is 7.87. The molecule has 28 heavy (non-hydrogen) atoms. The molecule has 0 unspecified atom stereocenters. The van der Waals surface area contributed by atoms with Crippen LogP contribution in [0.3, 0.4) is 0 Å². The highest BCUT2D eigenvalue weighted by atomic mass is 35.5. The van der Waals surface area contributed by atoms with E-state index in [0.29, 0.717) is 24.2 Å². The van der Waals surface area contributed by atoms with Crippen molar-refractivity contribution in [2.75, 3.05) is 18.4 Å². The average Bonchev–Trinajstić information content (AvgIpc) is 2.69. The molecule has 1 aromatic heterocycles. The summed E-state index contributed by atoms with van der Waals surface area (Å²) in [6.45, 7) is 6.17. The van der Waals surface area contributed by atoms with Crippen LogP contribution in [0.1, 0.15) is 45.1 Å². The van der Waals surface area contributed by atoms with Crippen LogP contribution >= 0.6 is 12.4 Å². The fraction of sp³-hybridized carbons (Fsp3) is 0.500. The van der Waals surface area contributed by atoms with E-state index in [9.17, 15) is 4.79 Å². The summed E-state index contributed by atoms with van der Waals surface area (Å²) < 4.78 is 0. The summed E-state index contributed by atoms with van der Waals surface area (Å²) in [6.07, 6.45) is 10.0. The first-order valence-electron chi connectivity index (χ1n) is 10.00. The Morgan fingerprint density at radius 3 is 2.50 bits per heavy atom. The van der Waals surface area contributed by atoms with Gasteiger partial charge in [-0.05, 0) is 55.2 Å². The number of piperidine rings is 1. The van der Waals surface area contributed by atoms with Gasteiger partial charge >= 0.3 is 0 Å². The van der Waals surface area contributed by atoms with E-state index in [2.05, 4.69) is 58.3 Å². The fourth-order valence-corrected chi connectivity index (χ4v) is 3.53. The number of likely N-dealkylation sites (tertiary alicyclic amines) is 1. The largest absolute Gasteiger partial charge is 0.343 e. The second-order valence-electron chi connectivity index (χ2n) is 7.87. The van der Waals surface area contributed by atoms with Crippen LogP contribution < -0.4 is 5.32 Å². The quantitative estimate of drug-likeness (QED) is 0.718. The number of amides is 1. The fourth-order valence-electron chi connectivity index (χ4n) is 3.53. The van der Waals surface area contributed by atoms with Crippen molar-refractivity contribution in [2.45, 2.75) is 46.0 Å². The standard InChI is InChI=1S/C22H30N4O.ClH/c1-17(2)3-8-22(27)26-13-9-19(10-14-26)15-18-4-6-20(7-5-18)25-21-16-23-11-12-24-21;/h4-7,11-12,16-17,19H,3,8-10,13-15H2,1-2H3,(H,24,25);1H. The average molecular weight is 403 g/mol. The summed E-state index contributed by atoms with van der Waals surface area (Å²) in [7, 11) is 0. The molecule has 6 heteroatoms. The van der Waals surface area contributed by atoms with Gasteiger partial charge in [0, 0.05) is 37.6 Å². The normalized spacial score (nSPS) is 14.6. The molecule has 1 fully saturated rings. The minimum atomic E-state index is 0. The van der Waals surface area contributed by atoms with Gasteiger partial charge in [0.2, 0.25) is 5.91 Å². The van der Waals surface area contributed by atoms with Gasteiger partial charge in [-0.25, -0.2) is 4.98 Å². The highest BCUT2D eigenvalue weighted by Gasteiger charge is 2.22. The maximum Gasteiger partial charge on any atom is 0.222 e. The Hall–Kier alpha value is -2.14. The van der Waals surface area contributed by atoms with Gasteiger partial charge in [0.25, 0.3) is 0 Å². The van der Waals surface area contributed by atoms with E-state index in [1.807, 2.05) is 0 Å². The monoisotopic (exact) mass is 402 g/mol. The molecule has 1 aromatic carbocycles. The third-order valence-corrected chi connectivity index (χ3v) is 5.22. The number of hydrogen-bond acceptors (Lipinski definition) is 4. The molecule has 2 heterocycles. The first kappa shape index (κ1) is 22.2. The lowest BCUT2D eigenvalue weighted by Crippen LogP contribution is -2.38. The maximum atomic E-state index is 12.3. The van der Waals surface area contributed by atoms with Crippen LogP contribution in [0, 0.1) is 11.8 Å². The van der Waals surface area contributed by atoms with Gasteiger partial charge in [0.15, 0.2) is 0 Å². The van der Waals surface area contributed by atoms with Crippen LogP contribution in [0.15, 0.2) is 42.9 Å². The number of rotatable bonds is 7. The van der Waals surface area contributed by atoms with E-state index in [4.69, 9.17) is 0 Å². The van der Waals surface area contributed by atoms with E-state index >= 15 is 0 Å². The number of nitrogens with zero attached hydrogens (tertiary/aromatic N) is 3. The molecule has 3 rings (SSSR count). The minimum Gasteiger partial charge on any atom is -0.343 e. The van der Waals surface area contributed by atoms with Crippen molar-refractivity contribution < 1.29 is 4.79 Å². The van der Waals surface area contributed by atoms with Gasteiger partial charge in [-0.2, -0.15) is 0 Å². The Bertz CT molecular complexity index is 713. The molecule has 0 saturated carbocycles. The minimum absolute atomic E-state index is 0. The summed E-state index contributed by atoms with van der Waals surface area (Å²) in [5.74, 6) is 2.34. The molecule has 5 nitrogen and oxygen atoms in total. The van der Waals surface area contributed by atoms with Gasteiger partial charge in [-0.15, -0.1) is 12.4 Å². The van der Waals surface area contributed by atoms with Crippen molar-refractivity contribution in [3.63, 3.8) is 0 Å². The van der Waals surface area contributed by atoms with E-state index in [1.54, 1.807) is 18.6 Å². The molecule has 0 bridgehead atoms. The van der Waals surface area contributed by atoms with Crippen molar-refractivity contribution in [3.8, 4) is 0 Å². The summed E-state index contributed by atoms with van der Waals surface area (Å²) in [5.41, 5.74) is 2.37. The first-order chi connectivity index (χ1) is 13.1. The highest BCUT2D eigenvalue weighted by Crippen LogP contribution is 2.24. The molecule has 152 valence electrons. The lowest BCUT2D eigenvalue weighted by molar-refractivity contribution is -0.132. The molecule has 0 aliphatic carbocycles. The molecule has 0 spiro atoms. The van der Waals surface area contributed by atoms with Crippen molar-refractivity contribution in [2.24, 2.45) is 11.8 Å². The molecule has 1 aliphatic rings. The zero-order valence-corrected chi connectivity index (χ0v) is 17.6. The molecule has 0 radical (unpaired) electrons. The molecular formula is C22H31ClN4O. The Labute approximate surface area is 174 Å². The van der Waals surface area contributed by atoms with Gasteiger partial charge in [0.05, 0.1) is 6.20 Å². The number of carbonyl (C=O) groups excluding carboxylic acids is 1. The number of aromatic nitrogens is 2. The van der Waals surface area contributed by atoms with Crippen LogP contribution in [0.25, 0.3) is 0 Å². The molecule has 1 saturated heterocycles. The van der Waals surface area contributed by atoms with Crippen molar-refractivity contribution in [1.29, 1.82) is 0 Å². The molecule has 1 amide bonds. The Balaban J connectivity index is 0.00000280. The predicted molar refractivity (Wildman–Crippen MR) is 116 cm³/mol. The smallest absolute Gasteiger partial charge is 0.222 e. The van der Waals surface area contributed by atoms with Gasteiger partial charge in [-0.1, -0.05) is 26.0 Å². The van der Waals surface area contributed by atoms with E-state index in [0.717, 1.165) is 50.3 Å². The number of nitrogens with one attached hydrogen (secondary N) is 1. The molecule has 2 aromatic rings. The number of benzene rings is 1. The third kappa shape index (κ3) is 6.79. The van der Waals surface area contributed by atoms with Crippen molar-refractivity contribution >= 4 is 29.8 Å².